The van der Waals surface area contributed by atoms with Crippen LogP contribution in [0.4, 0.5) is 11.6 Å². The van der Waals surface area contributed by atoms with Gasteiger partial charge in [-0.15, -0.1) is 0 Å². The third-order valence-electron chi connectivity index (χ3n) is 3.57. The van der Waals surface area contributed by atoms with E-state index in [2.05, 4.69) is 9.97 Å². The summed E-state index contributed by atoms with van der Waals surface area (Å²) in [4.78, 5) is 19.4. The minimum Gasteiger partial charge on any atom is -0.478 e. The molecule has 0 aliphatic heterocycles. The maximum Gasteiger partial charge on any atom is 0.337 e. The molecule has 0 saturated heterocycles. The molecule has 110 valence electrons. The van der Waals surface area contributed by atoms with Gasteiger partial charge in [0.25, 0.3) is 0 Å². The average molecular weight is 294 g/mol. The molecule has 5 N–H and O–H groups in total. The number of fused-ring (bicyclic) bond motifs is 1. The summed E-state index contributed by atoms with van der Waals surface area (Å²) >= 11 is 0. The number of benzene rings is 2. The van der Waals surface area contributed by atoms with E-state index in [1.165, 1.54) is 6.07 Å². The lowest BCUT2D eigenvalue weighted by Gasteiger charge is -2.13. The molecule has 0 amide bonds. The van der Waals surface area contributed by atoms with E-state index in [4.69, 9.17) is 11.5 Å². The Morgan fingerprint density at radius 3 is 2.68 bits per heavy atom. The second-order valence-corrected chi connectivity index (χ2v) is 5.03. The van der Waals surface area contributed by atoms with Crippen molar-refractivity contribution in [3.05, 3.63) is 47.7 Å². The van der Waals surface area contributed by atoms with E-state index >= 15 is 0 Å². The van der Waals surface area contributed by atoms with Gasteiger partial charge in [-0.25, -0.2) is 14.8 Å². The summed E-state index contributed by atoms with van der Waals surface area (Å²) in [7, 11) is 0. The predicted octanol–water partition coefficient (Wildman–Crippen LogP) is 2.47. The van der Waals surface area contributed by atoms with Crippen LogP contribution in [0.2, 0.25) is 0 Å². The van der Waals surface area contributed by atoms with Crippen molar-refractivity contribution >= 4 is 28.5 Å². The molecule has 6 nitrogen and oxygen atoms in total. The van der Waals surface area contributed by atoms with Crippen molar-refractivity contribution in [2.24, 2.45) is 0 Å². The van der Waals surface area contributed by atoms with Gasteiger partial charge in [0.15, 0.2) is 0 Å². The Bertz CT molecular complexity index is 906. The van der Waals surface area contributed by atoms with Gasteiger partial charge in [0.05, 0.1) is 16.8 Å². The molecule has 6 heteroatoms. The van der Waals surface area contributed by atoms with Crippen LogP contribution < -0.4 is 11.5 Å². The van der Waals surface area contributed by atoms with Crippen molar-refractivity contribution < 1.29 is 9.90 Å². The van der Waals surface area contributed by atoms with Crippen LogP contribution in [0.3, 0.4) is 0 Å². The highest BCUT2D eigenvalue weighted by Crippen LogP contribution is 2.33. The van der Waals surface area contributed by atoms with Crippen molar-refractivity contribution in [1.29, 1.82) is 0 Å². The molecule has 1 aromatic heterocycles. The van der Waals surface area contributed by atoms with Crippen LogP contribution in [0.5, 0.6) is 0 Å². The number of nitrogens with two attached hydrogens (primary N) is 2. The fraction of sp³-hybridized carbons (Fsp3) is 0.0625. The number of carbonyl (C=O) groups is 1. The zero-order valence-corrected chi connectivity index (χ0v) is 11.9. The fourth-order valence-corrected chi connectivity index (χ4v) is 2.50. The van der Waals surface area contributed by atoms with Gasteiger partial charge in [0.1, 0.15) is 0 Å². The lowest BCUT2D eigenvalue weighted by molar-refractivity contribution is 0.0698. The molecule has 2 aromatic carbocycles. The van der Waals surface area contributed by atoms with E-state index in [1.807, 2.05) is 25.1 Å². The van der Waals surface area contributed by atoms with Crippen LogP contribution in [0, 0.1) is 6.92 Å². The van der Waals surface area contributed by atoms with Crippen LogP contribution in [-0.4, -0.2) is 21.0 Å². The Morgan fingerprint density at radius 2 is 1.95 bits per heavy atom. The summed E-state index contributed by atoms with van der Waals surface area (Å²) < 4.78 is 0. The number of nitrogens with zero attached hydrogens (tertiary/aromatic N) is 2. The number of carboxylic acids is 1. The topological polar surface area (TPSA) is 115 Å². The number of anilines is 2. The summed E-state index contributed by atoms with van der Waals surface area (Å²) in [6.45, 7) is 1.89. The van der Waals surface area contributed by atoms with Gasteiger partial charge in [0.2, 0.25) is 5.95 Å². The molecule has 0 aliphatic carbocycles. The number of carboxylic acid groups (broad SMARTS) is 1. The van der Waals surface area contributed by atoms with Gasteiger partial charge in [0, 0.05) is 17.1 Å². The summed E-state index contributed by atoms with van der Waals surface area (Å²) in [5, 5.41) is 10.0. The SMILES string of the molecule is Cc1ccc(C(=O)O)c(N)c1-c1ccc2nc(N)ncc2c1. The van der Waals surface area contributed by atoms with E-state index in [9.17, 15) is 9.90 Å². The molecular weight excluding hydrogens is 280 g/mol. The Labute approximate surface area is 126 Å². The number of aryl methyl sites for hydroxylation is 1. The molecule has 3 aromatic rings. The first-order valence-corrected chi connectivity index (χ1v) is 6.62. The maximum atomic E-state index is 11.3. The predicted molar refractivity (Wildman–Crippen MR) is 85.5 cm³/mol. The molecule has 22 heavy (non-hydrogen) atoms. The minimum absolute atomic E-state index is 0.0919. The van der Waals surface area contributed by atoms with Crippen molar-refractivity contribution in [2.45, 2.75) is 6.92 Å². The molecule has 1 heterocycles. The van der Waals surface area contributed by atoms with Gasteiger partial charge in [-0.3, -0.25) is 0 Å². The average Bonchev–Trinajstić information content (AvgIpc) is 2.47. The largest absolute Gasteiger partial charge is 0.478 e. The van der Waals surface area contributed by atoms with E-state index in [1.54, 1.807) is 12.3 Å². The molecule has 0 bridgehead atoms. The molecule has 0 fully saturated rings. The van der Waals surface area contributed by atoms with Crippen molar-refractivity contribution in [1.82, 2.24) is 9.97 Å². The Hall–Kier alpha value is -3.15. The van der Waals surface area contributed by atoms with Crippen LogP contribution in [0.25, 0.3) is 22.0 Å². The number of nitrogen functional groups attached to an aromatic ring is 2. The zero-order valence-electron chi connectivity index (χ0n) is 11.9. The standard InChI is InChI=1S/C16H14N4O2/c1-8-2-4-11(15(21)22)14(17)13(8)9-3-5-12-10(6-9)7-19-16(18)20-12/h2-7H,17H2,1H3,(H,21,22)(H2,18,19,20). The first kappa shape index (κ1) is 13.8. The Morgan fingerprint density at radius 1 is 1.18 bits per heavy atom. The van der Waals surface area contributed by atoms with Gasteiger partial charge in [-0.1, -0.05) is 12.1 Å². The van der Waals surface area contributed by atoms with Gasteiger partial charge in [-0.2, -0.15) is 0 Å². The van der Waals surface area contributed by atoms with Gasteiger partial charge >= 0.3 is 5.97 Å². The number of rotatable bonds is 2. The highest BCUT2D eigenvalue weighted by atomic mass is 16.4. The van der Waals surface area contributed by atoms with Crippen LogP contribution in [0.15, 0.2) is 36.5 Å². The van der Waals surface area contributed by atoms with Crippen LogP contribution >= 0.6 is 0 Å². The van der Waals surface area contributed by atoms with Gasteiger partial charge < -0.3 is 16.6 Å². The highest BCUT2D eigenvalue weighted by molar-refractivity contribution is 6.00. The zero-order chi connectivity index (χ0) is 15.9. The summed E-state index contributed by atoms with van der Waals surface area (Å²) in [5.74, 6) is -0.834. The Kier molecular flexibility index (Phi) is 3.14. The lowest BCUT2D eigenvalue weighted by atomic mass is 9.95. The number of aromatic carboxylic acids is 1. The van der Waals surface area contributed by atoms with E-state index in [0.29, 0.717) is 5.56 Å². The van der Waals surface area contributed by atoms with Crippen molar-refractivity contribution in [3.63, 3.8) is 0 Å². The molecule has 0 spiro atoms. The quantitative estimate of drug-likeness (QED) is 0.625. The monoisotopic (exact) mass is 294 g/mol. The van der Waals surface area contributed by atoms with Crippen LogP contribution in [0.1, 0.15) is 15.9 Å². The molecular formula is C16H14N4O2. The maximum absolute atomic E-state index is 11.3. The van der Waals surface area contributed by atoms with E-state index < -0.39 is 5.97 Å². The summed E-state index contributed by atoms with van der Waals surface area (Å²) in [6.07, 6.45) is 1.63. The van der Waals surface area contributed by atoms with E-state index in [-0.39, 0.29) is 17.2 Å². The lowest BCUT2D eigenvalue weighted by Crippen LogP contribution is -2.05. The molecule has 0 saturated carbocycles. The Balaban J connectivity index is 2.25. The molecule has 0 unspecified atom stereocenters. The summed E-state index contributed by atoms with van der Waals surface area (Å²) in [6, 6.07) is 8.80. The number of aromatic nitrogens is 2. The van der Waals surface area contributed by atoms with E-state index in [0.717, 1.165) is 22.0 Å². The molecule has 0 radical (unpaired) electrons. The molecule has 3 rings (SSSR count). The van der Waals surface area contributed by atoms with Gasteiger partial charge in [-0.05, 0) is 36.2 Å². The first-order valence-electron chi connectivity index (χ1n) is 6.62. The number of hydrogen-bond acceptors (Lipinski definition) is 5. The smallest absolute Gasteiger partial charge is 0.337 e. The first-order chi connectivity index (χ1) is 10.5. The third-order valence-corrected chi connectivity index (χ3v) is 3.57. The molecule has 0 atom stereocenters. The second kappa shape index (κ2) is 5.00. The number of hydrogen-bond donors (Lipinski definition) is 3. The highest BCUT2D eigenvalue weighted by Gasteiger charge is 2.15. The van der Waals surface area contributed by atoms with Crippen LogP contribution in [-0.2, 0) is 0 Å². The fourth-order valence-electron chi connectivity index (χ4n) is 2.50. The third kappa shape index (κ3) is 2.20. The molecule has 0 aliphatic rings. The second-order valence-electron chi connectivity index (χ2n) is 5.03. The minimum atomic E-state index is -1.05. The van der Waals surface area contributed by atoms with Crippen molar-refractivity contribution in [3.8, 4) is 11.1 Å². The summed E-state index contributed by atoms with van der Waals surface area (Å²) in [5.41, 5.74) is 15.1. The normalized spacial score (nSPS) is 10.8. The van der Waals surface area contributed by atoms with Crippen molar-refractivity contribution in [2.75, 3.05) is 11.5 Å².